The van der Waals surface area contributed by atoms with Crippen LogP contribution in [-0.2, 0) is 19.6 Å². The van der Waals surface area contributed by atoms with Crippen molar-refractivity contribution in [2.45, 2.75) is 56.4 Å². The van der Waals surface area contributed by atoms with Crippen molar-refractivity contribution in [3.05, 3.63) is 40.4 Å². The van der Waals surface area contributed by atoms with Crippen molar-refractivity contribution < 1.29 is 18.0 Å². The Bertz CT molecular complexity index is 1130. The molecule has 1 saturated heterocycles. The molecule has 4 rings (SSSR count). The monoisotopic (exact) mass is 524 g/mol. The predicted molar refractivity (Wildman–Crippen MR) is 132 cm³/mol. The summed E-state index contributed by atoms with van der Waals surface area (Å²) >= 11 is 7.45. The Labute approximate surface area is 209 Å². The third-order valence-electron chi connectivity index (χ3n) is 6.68. The molecule has 1 atom stereocenters. The van der Waals surface area contributed by atoms with Crippen LogP contribution in [0.25, 0.3) is 0 Å². The first-order valence-corrected chi connectivity index (χ1v) is 14.2. The van der Waals surface area contributed by atoms with Crippen molar-refractivity contribution in [3.63, 3.8) is 0 Å². The van der Waals surface area contributed by atoms with Crippen LogP contribution in [0.2, 0.25) is 5.02 Å². The summed E-state index contributed by atoms with van der Waals surface area (Å²) in [7, 11) is -3.89. The van der Waals surface area contributed by atoms with E-state index in [4.69, 9.17) is 11.6 Å². The van der Waals surface area contributed by atoms with Gasteiger partial charge in [0, 0.05) is 29.7 Å². The molecule has 1 aliphatic heterocycles. The van der Waals surface area contributed by atoms with E-state index in [-0.39, 0.29) is 36.3 Å². The molecule has 2 fully saturated rings. The van der Waals surface area contributed by atoms with E-state index in [1.165, 1.54) is 28.1 Å². The lowest BCUT2D eigenvalue weighted by molar-refractivity contribution is -0.142. The molecule has 2 amide bonds. The van der Waals surface area contributed by atoms with Gasteiger partial charge in [-0.15, -0.1) is 11.3 Å². The number of piperazine rings is 1. The second-order valence-corrected chi connectivity index (χ2v) is 12.1. The van der Waals surface area contributed by atoms with Crippen molar-refractivity contribution in [2.75, 3.05) is 25.0 Å². The molecule has 0 bridgehead atoms. The third kappa shape index (κ3) is 5.45. The van der Waals surface area contributed by atoms with Gasteiger partial charge in [0.15, 0.2) is 5.13 Å². The summed E-state index contributed by atoms with van der Waals surface area (Å²) < 4.78 is 27.7. The molecule has 2 aliphatic rings. The lowest BCUT2D eigenvalue weighted by Crippen LogP contribution is -2.58. The van der Waals surface area contributed by atoms with E-state index in [1.54, 1.807) is 35.5 Å². The molecule has 1 N–H and O–H groups in total. The molecule has 2 heterocycles. The zero-order valence-electron chi connectivity index (χ0n) is 19.1. The van der Waals surface area contributed by atoms with Gasteiger partial charge in [-0.2, -0.15) is 4.31 Å². The Morgan fingerprint density at radius 2 is 2.03 bits per heavy atom. The maximum absolute atomic E-state index is 13.3. The number of amides is 2. The number of hydrogen-bond acceptors (Lipinski definition) is 6. The SMILES string of the molecule is Cc1c(Cl)cccc1S(=O)(=O)N1CCN(C(CC2CCCCC2)C(=O)Nc2nccs2)C(=O)C1. The van der Waals surface area contributed by atoms with Gasteiger partial charge in [0.05, 0.1) is 11.4 Å². The molecule has 34 heavy (non-hydrogen) atoms. The lowest BCUT2D eigenvalue weighted by Gasteiger charge is -2.39. The fourth-order valence-electron chi connectivity index (χ4n) is 4.79. The number of thiazole rings is 1. The predicted octanol–water partition coefficient (Wildman–Crippen LogP) is 3.92. The van der Waals surface area contributed by atoms with Crippen LogP contribution in [-0.4, -0.2) is 60.1 Å². The van der Waals surface area contributed by atoms with Gasteiger partial charge in [-0.3, -0.25) is 9.59 Å². The molecule has 1 aromatic heterocycles. The van der Waals surface area contributed by atoms with Gasteiger partial charge < -0.3 is 10.2 Å². The quantitative estimate of drug-likeness (QED) is 0.592. The number of nitrogens with zero attached hydrogens (tertiary/aromatic N) is 3. The fraction of sp³-hybridized carbons (Fsp3) is 0.522. The van der Waals surface area contributed by atoms with Gasteiger partial charge in [-0.05, 0) is 37.0 Å². The van der Waals surface area contributed by atoms with Crippen LogP contribution in [0.3, 0.4) is 0 Å². The average molecular weight is 525 g/mol. The first kappa shape index (κ1) is 25.1. The van der Waals surface area contributed by atoms with Gasteiger partial charge >= 0.3 is 0 Å². The van der Waals surface area contributed by atoms with Crippen molar-refractivity contribution >= 4 is 49.9 Å². The highest BCUT2D eigenvalue weighted by atomic mass is 35.5. The van der Waals surface area contributed by atoms with E-state index < -0.39 is 16.1 Å². The summed E-state index contributed by atoms with van der Waals surface area (Å²) in [5, 5.41) is 5.46. The average Bonchev–Trinajstić information content (AvgIpc) is 3.33. The Hall–Kier alpha value is -2.01. The number of carbonyl (C=O) groups excluding carboxylic acids is 2. The maximum Gasteiger partial charge on any atom is 0.248 e. The minimum Gasteiger partial charge on any atom is -0.328 e. The summed E-state index contributed by atoms with van der Waals surface area (Å²) in [5.74, 6) is -0.273. The molecular formula is C23H29ClN4O4S2. The van der Waals surface area contributed by atoms with Crippen molar-refractivity contribution in [1.29, 1.82) is 0 Å². The van der Waals surface area contributed by atoms with Crippen molar-refractivity contribution in [3.8, 4) is 0 Å². The molecule has 0 spiro atoms. The highest BCUT2D eigenvalue weighted by Gasteiger charge is 2.39. The first-order chi connectivity index (χ1) is 16.3. The molecular weight excluding hydrogens is 496 g/mol. The number of rotatable bonds is 7. The Kier molecular flexibility index (Phi) is 7.91. The Balaban J connectivity index is 1.52. The van der Waals surface area contributed by atoms with E-state index in [0.717, 1.165) is 25.7 Å². The van der Waals surface area contributed by atoms with Crippen molar-refractivity contribution in [2.24, 2.45) is 5.92 Å². The summed E-state index contributed by atoms with van der Waals surface area (Å²) in [6.07, 6.45) is 7.72. The lowest BCUT2D eigenvalue weighted by atomic mass is 9.84. The fourth-order valence-corrected chi connectivity index (χ4v) is 7.18. The van der Waals surface area contributed by atoms with Crippen LogP contribution >= 0.6 is 22.9 Å². The minimum atomic E-state index is -3.89. The molecule has 1 aliphatic carbocycles. The summed E-state index contributed by atoms with van der Waals surface area (Å²) in [6.45, 7) is 1.61. The topological polar surface area (TPSA) is 99.7 Å². The zero-order chi connectivity index (χ0) is 24.3. The number of nitrogens with one attached hydrogen (secondary N) is 1. The van der Waals surface area contributed by atoms with Crippen LogP contribution < -0.4 is 5.32 Å². The van der Waals surface area contributed by atoms with Crippen LogP contribution in [0, 0.1) is 12.8 Å². The third-order valence-corrected chi connectivity index (χ3v) is 9.77. The molecule has 0 radical (unpaired) electrons. The van der Waals surface area contributed by atoms with E-state index in [2.05, 4.69) is 10.3 Å². The molecule has 11 heteroatoms. The number of benzene rings is 1. The minimum absolute atomic E-state index is 0.0986. The highest BCUT2D eigenvalue weighted by molar-refractivity contribution is 7.89. The maximum atomic E-state index is 13.3. The molecule has 1 aromatic carbocycles. The van der Waals surface area contributed by atoms with Crippen LogP contribution in [0.4, 0.5) is 5.13 Å². The van der Waals surface area contributed by atoms with E-state index >= 15 is 0 Å². The van der Waals surface area contributed by atoms with E-state index in [0.29, 0.717) is 28.1 Å². The normalized spacial score (nSPS) is 19.2. The van der Waals surface area contributed by atoms with Gasteiger partial charge in [0.25, 0.3) is 0 Å². The van der Waals surface area contributed by atoms with Gasteiger partial charge in [-0.1, -0.05) is 49.8 Å². The summed E-state index contributed by atoms with van der Waals surface area (Å²) in [6, 6.07) is 4.07. The van der Waals surface area contributed by atoms with Gasteiger partial charge in [0.1, 0.15) is 6.04 Å². The van der Waals surface area contributed by atoms with Crippen LogP contribution in [0.15, 0.2) is 34.7 Å². The van der Waals surface area contributed by atoms with E-state index in [9.17, 15) is 18.0 Å². The number of aromatic nitrogens is 1. The summed E-state index contributed by atoms with van der Waals surface area (Å²) in [5.41, 5.74) is 0.456. The first-order valence-electron chi connectivity index (χ1n) is 11.5. The molecule has 8 nitrogen and oxygen atoms in total. The Morgan fingerprint density at radius 3 is 2.71 bits per heavy atom. The second kappa shape index (κ2) is 10.7. The number of sulfonamides is 1. The number of halogens is 1. The second-order valence-electron chi connectivity index (χ2n) is 8.87. The number of anilines is 1. The Morgan fingerprint density at radius 1 is 1.26 bits per heavy atom. The largest absolute Gasteiger partial charge is 0.328 e. The van der Waals surface area contributed by atoms with Crippen LogP contribution in [0.1, 0.15) is 44.1 Å². The standard InChI is InChI=1S/C23H29ClN4O4S2/c1-16-18(24)8-5-9-20(16)34(31,32)27-11-12-28(21(29)15-27)19(14-17-6-3-2-4-7-17)22(30)26-23-25-10-13-33-23/h5,8-10,13,17,19H,2-4,6-7,11-12,14-15H2,1H3,(H,25,26,30). The molecule has 184 valence electrons. The van der Waals surface area contributed by atoms with E-state index in [1.807, 2.05) is 0 Å². The molecule has 1 saturated carbocycles. The number of hydrogen-bond donors (Lipinski definition) is 1. The van der Waals surface area contributed by atoms with Crippen molar-refractivity contribution in [1.82, 2.24) is 14.2 Å². The number of carbonyl (C=O) groups is 2. The van der Waals surface area contributed by atoms with Gasteiger partial charge in [0.2, 0.25) is 21.8 Å². The highest BCUT2D eigenvalue weighted by Crippen LogP contribution is 2.31. The summed E-state index contributed by atoms with van der Waals surface area (Å²) in [4.78, 5) is 32.2. The molecule has 2 aromatic rings. The van der Waals surface area contributed by atoms with Crippen LogP contribution in [0.5, 0.6) is 0 Å². The smallest absolute Gasteiger partial charge is 0.248 e. The van der Waals surface area contributed by atoms with Gasteiger partial charge in [-0.25, -0.2) is 13.4 Å². The molecule has 1 unspecified atom stereocenters. The zero-order valence-corrected chi connectivity index (χ0v) is 21.5.